The molecule has 1 saturated heterocycles. The second-order valence-corrected chi connectivity index (χ2v) is 7.74. The topological polar surface area (TPSA) is 82.5 Å². The van der Waals surface area contributed by atoms with E-state index in [0.717, 1.165) is 9.91 Å². The first kappa shape index (κ1) is 19.5. The number of aryl methyl sites for hydroxylation is 1. The van der Waals surface area contributed by atoms with Gasteiger partial charge in [-0.3, -0.25) is 10.1 Å². The third-order valence-electron chi connectivity index (χ3n) is 3.97. The number of alkyl halides is 3. The number of anilines is 1. The summed E-state index contributed by atoms with van der Waals surface area (Å²) in [5, 5.41) is 12.8. The van der Waals surface area contributed by atoms with Crippen molar-refractivity contribution in [1.29, 1.82) is 0 Å². The van der Waals surface area contributed by atoms with Gasteiger partial charge in [0.05, 0.1) is 22.5 Å². The van der Waals surface area contributed by atoms with Crippen molar-refractivity contribution in [3.05, 3.63) is 10.7 Å². The molecule has 2 rings (SSSR count). The number of carboxylic acids is 1. The van der Waals surface area contributed by atoms with Gasteiger partial charge in [-0.1, -0.05) is 13.8 Å². The van der Waals surface area contributed by atoms with Crippen LogP contribution in [-0.4, -0.2) is 46.3 Å². The van der Waals surface area contributed by atoms with Crippen LogP contribution in [0.4, 0.5) is 23.0 Å². The van der Waals surface area contributed by atoms with Gasteiger partial charge in [-0.15, -0.1) is 11.3 Å². The first-order valence-electron chi connectivity index (χ1n) is 7.80. The Balaban J connectivity index is 2.13. The average molecular weight is 379 g/mol. The lowest BCUT2D eigenvalue weighted by atomic mass is 9.96. The van der Waals surface area contributed by atoms with E-state index in [1.807, 2.05) is 13.8 Å². The lowest BCUT2D eigenvalue weighted by Crippen LogP contribution is -2.35. The summed E-state index contributed by atoms with van der Waals surface area (Å²) in [6, 6.07) is -0.730. The van der Waals surface area contributed by atoms with Crippen LogP contribution in [0.15, 0.2) is 0 Å². The molecule has 140 valence electrons. The monoisotopic (exact) mass is 379 g/mol. The smallest absolute Gasteiger partial charge is 0.394 e. The predicted octanol–water partition coefficient (Wildman–Crippen LogP) is 3.38. The van der Waals surface area contributed by atoms with Crippen LogP contribution < -0.4 is 5.32 Å². The molecule has 2 heterocycles. The van der Waals surface area contributed by atoms with Gasteiger partial charge >= 0.3 is 18.2 Å². The minimum Gasteiger partial charge on any atom is -0.481 e. The van der Waals surface area contributed by atoms with Crippen LogP contribution in [0.1, 0.15) is 24.5 Å². The van der Waals surface area contributed by atoms with Gasteiger partial charge in [0.1, 0.15) is 5.00 Å². The summed E-state index contributed by atoms with van der Waals surface area (Å²) >= 11 is 1.25. The third-order valence-corrected chi connectivity index (χ3v) is 4.90. The fourth-order valence-electron chi connectivity index (χ4n) is 2.82. The SMILES string of the molecule is Cc1nc(CC(C)C)c(NC(=O)N2C[C@@H](C(F)(F)F)[C@H](C(=O)O)C2)s1. The molecule has 10 heteroatoms. The van der Waals surface area contributed by atoms with Crippen LogP contribution in [0, 0.1) is 24.7 Å². The lowest BCUT2D eigenvalue weighted by Gasteiger charge is -2.18. The van der Waals surface area contributed by atoms with Crippen molar-refractivity contribution in [2.45, 2.75) is 33.4 Å². The Morgan fingerprint density at radius 3 is 2.52 bits per heavy atom. The van der Waals surface area contributed by atoms with Gasteiger partial charge in [0.2, 0.25) is 0 Å². The molecule has 0 aromatic carbocycles. The Hall–Kier alpha value is -1.84. The van der Waals surface area contributed by atoms with Gasteiger partial charge < -0.3 is 10.0 Å². The zero-order valence-electron chi connectivity index (χ0n) is 14.1. The van der Waals surface area contributed by atoms with E-state index in [4.69, 9.17) is 5.11 Å². The zero-order valence-corrected chi connectivity index (χ0v) is 14.9. The van der Waals surface area contributed by atoms with Crippen molar-refractivity contribution < 1.29 is 27.9 Å². The molecule has 2 atom stereocenters. The van der Waals surface area contributed by atoms with Crippen LogP contribution in [0.5, 0.6) is 0 Å². The minimum atomic E-state index is -4.66. The molecule has 0 unspecified atom stereocenters. The number of rotatable bonds is 4. The Morgan fingerprint density at radius 2 is 2.04 bits per heavy atom. The van der Waals surface area contributed by atoms with Crippen LogP contribution in [0.3, 0.4) is 0 Å². The standard InChI is InChI=1S/C15H20F3N3O3S/c1-7(2)4-11-12(25-8(3)19-11)20-14(24)21-5-9(13(22)23)10(6-21)15(16,17)18/h7,9-10H,4-6H2,1-3H3,(H,20,24)(H,22,23)/t9-,10-/m1/s1. The van der Waals surface area contributed by atoms with E-state index in [0.29, 0.717) is 23.0 Å². The second-order valence-electron chi connectivity index (χ2n) is 6.53. The summed E-state index contributed by atoms with van der Waals surface area (Å²) in [6.07, 6.45) is -4.04. The van der Waals surface area contributed by atoms with Gasteiger partial charge in [0.25, 0.3) is 0 Å². The van der Waals surface area contributed by atoms with E-state index in [2.05, 4.69) is 10.3 Å². The number of carbonyl (C=O) groups excluding carboxylic acids is 1. The largest absolute Gasteiger partial charge is 0.481 e. The Kier molecular flexibility index (Phi) is 5.60. The van der Waals surface area contributed by atoms with Crippen molar-refractivity contribution in [2.24, 2.45) is 17.8 Å². The minimum absolute atomic E-state index is 0.301. The van der Waals surface area contributed by atoms with Crippen LogP contribution >= 0.6 is 11.3 Å². The highest BCUT2D eigenvalue weighted by Crippen LogP contribution is 2.38. The Morgan fingerprint density at radius 1 is 1.40 bits per heavy atom. The molecule has 25 heavy (non-hydrogen) atoms. The van der Waals surface area contributed by atoms with E-state index in [9.17, 15) is 22.8 Å². The van der Waals surface area contributed by atoms with E-state index in [1.165, 1.54) is 11.3 Å². The number of urea groups is 1. The van der Waals surface area contributed by atoms with Gasteiger partial charge in [0, 0.05) is 13.1 Å². The summed E-state index contributed by atoms with van der Waals surface area (Å²) in [5.41, 5.74) is 0.687. The number of aromatic nitrogens is 1. The summed E-state index contributed by atoms with van der Waals surface area (Å²) in [5.74, 6) is -4.96. The van der Waals surface area contributed by atoms with E-state index in [-0.39, 0.29) is 0 Å². The number of aliphatic carboxylic acids is 1. The number of halogens is 3. The predicted molar refractivity (Wildman–Crippen MR) is 86.7 cm³/mol. The fourth-order valence-corrected chi connectivity index (χ4v) is 3.66. The first-order valence-corrected chi connectivity index (χ1v) is 8.62. The van der Waals surface area contributed by atoms with Gasteiger partial charge in [-0.25, -0.2) is 9.78 Å². The molecular weight excluding hydrogens is 359 g/mol. The molecule has 0 spiro atoms. The van der Waals surface area contributed by atoms with Crippen LogP contribution in [0.25, 0.3) is 0 Å². The molecule has 2 amide bonds. The molecule has 0 aliphatic carbocycles. The molecule has 1 aliphatic rings. The molecule has 1 aromatic heterocycles. The van der Waals surface area contributed by atoms with Crippen molar-refractivity contribution >= 4 is 28.3 Å². The van der Waals surface area contributed by atoms with E-state index >= 15 is 0 Å². The molecule has 6 nitrogen and oxygen atoms in total. The number of hydrogen-bond acceptors (Lipinski definition) is 4. The normalized spacial score (nSPS) is 21.0. The highest BCUT2D eigenvalue weighted by atomic mass is 32.1. The summed E-state index contributed by atoms with van der Waals surface area (Å²) in [4.78, 5) is 28.7. The summed E-state index contributed by atoms with van der Waals surface area (Å²) < 4.78 is 39.0. The van der Waals surface area contributed by atoms with Crippen molar-refractivity contribution in [1.82, 2.24) is 9.88 Å². The molecule has 1 aromatic rings. The zero-order chi connectivity index (χ0) is 18.9. The second kappa shape index (κ2) is 7.19. The molecule has 0 bridgehead atoms. The summed E-state index contributed by atoms with van der Waals surface area (Å²) in [6.45, 7) is 4.63. The maximum atomic E-state index is 13.0. The molecule has 1 fully saturated rings. The highest BCUT2D eigenvalue weighted by Gasteiger charge is 2.53. The quantitative estimate of drug-likeness (QED) is 0.840. The lowest BCUT2D eigenvalue weighted by molar-refractivity contribution is -0.187. The highest BCUT2D eigenvalue weighted by molar-refractivity contribution is 7.16. The van der Waals surface area contributed by atoms with Crippen LogP contribution in [0.2, 0.25) is 0 Å². The number of nitrogens with zero attached hydrogens (tertiary/aromatic N) is 2. The number of nitrogens with one attached hydrogen (secondary N) is 1. The van der Waals surface area contributed by atoms with Gasteiger partial charge in [0.15, 0.2) is 0 Å². The number of likely N-dealkylation sites (tertiary alicyclic amines) is 1. The Labute approximate surface area is 147 Å². The van der Waals surface area contributed by atoms with E-state index < -0.39 is 43.1 Å². The summed E-state index contributed by atoms with van der Waals surface area (Å²) in [7, 11) is 0. The van der Waals surface area contributed by atoms with E-state index in [1.54, 1.807) is 6.92 Å². The molecule has 2 N–H and O–H groups in total. The average Bonchev–Trinajstić information content (AvgIpc) is 3.02. The van der Waals surface area contributed by atoms with Crippen LogP contribution in [-0.2, 0) is 11.2 Å². The fraction of sp³-hybridized carbons (Fsp3) is 0.667. The Bertz CT molecular complexity index is 660. The maximum absolute atomic E-state index is 13.0. The third kappa shape index (κ3) is 4.62. The number of amides is 2. The number of carbonyl (C=O) groups is 2. The first-order chi connectivity index (χ1) is 11.5. The van der Waals surface area contributed by atoms with Gasteiger partial charge in [-0.05, 0) is 19.3 Å². The van der Waals surface area contributed by atoms with Crippen molar-refractivity contribution in [3.63, 3.8) is 0 Å². The number of hydrogen-bond donors (Lipinski definition) is 2. The maximum Gasteiger partial charge on any atom is 0.394 e. The van der Waals surface area contributed by atoms with Gasteiger partial charge in [-0.2, -0.15) is 13.2 Å². The number of carboxylic acid groups (broad SMARTS) is 1. The molecule has 0 radical (unpaired) electrons. The molecular formula is C15H20F3N3O3S. The molecule has 0 saturated carbocycles. The number of thiazole rings is 1. The molecule has 1 aliphatic heterocycles. The van der Waals surface area contributed by atoms with Crippen molar-refractivity contribution in [3.8, 4) is 0 Å². The van der Waals surface area contributed by atoms with Crippen molar-refractivity contribution in [2.75, 3.05) is 18.4 Å².